The minimum Gasteiger partial charge on any atom is -0.466 e. The molecule has 0 atom stereocenters. The zero-order valence-corrected chi connectivity index (χ0v) is 7.66. The van der Waals surface area contributed by atoms with E-state index in [4.69, 9.17) is 0 Å². The van der Waals surface area contributed by atoms with E-state index in [0.717, 1.165) is 0 Å². The summed E-state index contributed by atoms with van der Waals surface area (Å²) >= 11 is 0. The van der Waals surface area contributed by atoms with Crippen LogP contribution < -0.4 is 0 Å². The smallest absolute Gasteiger partial charge is 0.333 e. The summed E-state index contributed by atoms with van der Waals surface area (Å²) in [6.07, 6.45) is -0.184. The molecule has 0 aliphatic carbocycles. The number of carbonyl (C=O) groups is 2. The van der Waals surface area contributed by atoms with Crippen molar-refractivity contribution in [2.75, 3.05) is 21.0 Å². The highest BCUT2D eigenvalue weighted by molar-refractivity contribution is 5.93. The summed E-state index contributed by atoms with van der Waals surface area (Å²) in [5.41, 5.74) is 0.0589. The molecule has 0 radical (unpaired) electrons. The molecule has 5 heteroatoms. The van der Waals surface area contributed by atoms with E-state index < -0.39 is 11.9 Å². The Hall–Kier alpha value is -1.36. The van der Waals surface area contributed by atoms with Crippen LogP contribution in [0.5, 0.6) is 0 Å². The fourth-order valence-corrected chi connectivity index (χ4v) is 0.566. The van der Waals surface area contributed by atoms with E-state index >= 15 is 0 Å². The molecule has 0 aromatic heterocycles. The summed E-state index contributed by atoms with van der Waals surface area (Å²) in [6.45, 7) is 3.23. The van der Waals surface area contributed by atoms with Crippen LogP contribution in [0.15, 0.2) is 12.2 Å². The van der Waals surface area contributed by atoms with Crippen molar-refractivity contribution >= 4 is 11.9 Å². The molecule has 0 rings (SSSR count). The van der Waals surface area contributed by atoms with Gasteiger partial charge in [-0.25, -0.2) is 4.79 Å². The first kappa shape index (κ1) is 11.6. The third kappa shape index (κ3) is 4.97. The molecule has 0 saturated carbocycles. The van der Waals surface area contributed by atoms with E-state index in [0.29, 0.717) is 0 Å². The number of rotatable bonds is 5. The average Bonchev–Trinajstić information content (AvgIpc) is 2.13. The van der Waals surface area contributed by atoms with Crippen molar-refractivity contribution in [1.82, 2.24) is 0 Å². The van der Waals surface area contributed by atoms with Crippen LogP contribution in [0.25, 0.3) is 0 Å². The molecular weight excluding hydrogens is 176 g/mol. The molecule has 0 fully saturated rings. The van der Waals surface area contributed by atoms with Crippen LogP contribution in [0, 0.1) is 0 Å². The lowest BCUT2D eigenvalue weighted by Gasteiger charge is -2.03. The van der Waals surface area contributed by atoms with E-state index in [9.17, 15) is 9.59 Å². The van der Waals surface area contributed by atoms with Crippen LogP contribution >= 0.6 is 0 Å². The third-order valence-corrected chi connectivity index (χ3v) is 1.17. The van der Waals surface area contributed by atoms with Crippen LogP contribution in [0.4, 0.5) is 0 Å². The largest absolute Gasteiger partial charge is 0.466 e. The van der Waals surface area contributed by atoms with Crippen LogP contribution in [0.3, 0.4) is 0 Å². The second-order valence-corrected chi connectivity index (χ2v) is 2.19. The van der Waals surface area contributed by atoms with E-state index in [1.54, 1.807) is 0 Å². The number of hydrogen-bond donors (Lipinski definition) is 0. The number of methoxy groups -OCH3 is 2. The maximum Gasteiger partial charge on any atom is 0.333 e. The molecule has 13 heavy (non-hydrogen) atoms. The molecule has 0 spiro atoms. The first-order valence-corrected chi connectivity index (χ1v) is 3.52. The number of carbonyl (C=O) groups excluding carboxylic acids is 2. The average molecular weight is 188 g/mol. The topological polar surface area (TPSA) is 61.8 Å². The van der Waals surface area contributed by atoms with Crippen LogP contribution in [0.2, 0.25) is 0 Å². The monoisotopic (exact) mass is 188 g/mol. The lowest BCUT2D eigenvalue weighted by atomic mass is 10.2. The van der Waals surface area contributed by atoms with Gasteiger partial charge in [0.15, 0.2) is 6.79 Å². The highest BCUT2D eigenvalue weighted by Crippen LogP contribution is 2.01. The highest BCUT2D eigenvalue weighted by Gasteiger charge is 2.12. The van der Waals surface area contributed by atoms with Crippen molar-refractivity contribution in [3.8, 4) is 0 Å². The van der Waals surface area contributed by atoms with Gasteiger partial charge in [0, 0.05) is 12.7 Å². The predicted molar refractivity (Wildman–Crippen MR) is 43.7 cm³/mol. The summed E-state index contributed by atoms with van der Waals surface area (Å²) in [5.74, 6) is -1.19. The molecule has 0 aliphatic rings. The molecule has 74 valence electrons. The maximum absolute atomic E-state index is 10.9. The minimum absolute atomic E-state index is 0.0589. The number of hydrogen-bond acceptors (Lipinski definition) is 5. The summed E-state index contributed by atoms with van der Waals surface area (Å²) in [5, 5.41) is 0. The van der Waals surface area contributed by atoms with Gasteiger partial charge in [0.05, 0.1) is 13.5 Å². The van der Waals surface area contributed by atoms with Gasteiger partial charge in [-0.2, -0.15) is 0 Å². The number of ether oxygens (including phenoxy) is 3. The van der Waals surface area contributed by atoms with Crippen LogP contribution in [-0.2, 0) is 23.8 Å². The van der Waals surface area contributed by atoms with Crippen molar-refractivity contribution in [3.05, 3.63) is 12.2 Å². The Morgan fingerprint density at radius 1 is 1.31 bits per heavy atom. The molecule has 0 heterocycles. The first-order valence-electron chi connectivity index (χ1n) is 3.52. The van der Waals surface area contributed by atoms with Crippen LogP contribution in [0.1, 0.15) is 6.42 Å². The van der Waals surface area contributed by atoms with E-state index in [2.05, 4.69) is 20.8 Å². The van der Waals surface area contributed by atoms with Crippen molar-refractivity contribution in [2.24, 2.45) is 0 Å². The Balaban J connectivity index is 3.78. The molecule has 5 nitrogen and oxygen atoms in total. The van der Waals surface area contributed by atoms with Gasteiger partial charge in [-0.05, 0) is 0 Å². The van der Waals surface area contributed by atoms with Gasteiger partial charge >= 0.3 is 11.9 Å². The lowest BCUT2D eigenvalue weighted by Crippen LogP contribution is -2.12. The SMILES string of the molecule is C=C(CC(=O)OCOC)C(=O)OC. The van der Waals surface area contributed by atoms with Crippen molar-refractivity contribution in [1.29, 1.82) is 0 Å². The number of esters is 2. The summed E-state index contributed by atoms with van der Waals surface area (Å²) in [6, 6.07) is 0. The molecule has 0 N–H and O–H groups in total. The van der Waals surface area contributed by atoms with E-state index in [-0.39, 0.29) is 18.8 Å². The van der Waals surface area contributed by atoms with Gasteiger partial charge in [0.2, 0.25) is 0 Å². The molecule has 0 amide bonds. The van der Waals surface area contributed by atoms with Crippen molar-refractivity contribution in [2.45, 2.75) is 6.42 Å². The Labute approximate surface area is 76.3 Å². The standard InChI is InChI=1S/C8H12O5/c1-6(8(10)12-3)4-7(9)13-5-11-2/h1,4-5H2,2-3H3. The Morgan fingerprint density at radius 3 is 2.38 bits per heavy atom. The first-order chi connectivity index (χ1) is 6.11. The van der Waals surface area contributed by atoms with Gasteiger partial charge < -0.3 is 14.2 Å². The molecule has 0 aromatic carbocycles. The van der Waals surface area contributed by atoms with Gasteiger partial charge in [0.25, 0.3) is 0 Å². The molecule has 0 aromatic rings. The highest BCUT2D eigenvalue weighted by atomic mass is 16.7. The minimum atomic E-state index is -0.616. The Morgan fingerprint density at radius 2 is 1.92 bits per heavy atom. The van der Waals surface area contributed by atoms with Crippen molar-refractivity contribution < 1.29 is 23.8 Å². The zero-order valence-electron chi connectivity index (χ0n) is 7.66. The quantitative estimate of drug-likeness (QED) is 0.351. The lowest BCUT2D eigenvalue weighted by molar-refractivity contribution is -0.154. The van der Waals surface area contributed by atoms with Gasteiger partial charge in [-0.3, -0.25) is 4.79 Å². The Bertz CT molecular complexity index is 209. The second-order valence-electron chi connectivity index (χ2n) is 2.19. The molecule has 0 unspecified atom stereocenters. The van der Waals surface area contributed by atoms with Gasteiger partial charge in [-0.1, -0.05) is 6.58 Å². The summed E-state index contributed by atoms with van der Waals surface area (Å²) < 4.78 is 13.4. The summed E-state index contributed by atoms with van der Waals surface area (Å²) in [7, 11) is 2.61. The van der Waals surface area contributed by atoms with E-state index in [1.165, 1.54) is 14.2 Å². The molecule has 0 bridgehead atoms. The van der Waals surface area contributed by atoms with Gasteiger partial charge in [-0.15, -0.1) is 0 Å². The third-order valence-electron chi connectivity index (χ3n) is 1.17. The second kappa shape index (κ2) is 6.19. The Kier molecular flexibility index (Phi) is 5.54. The van der Waals surface area contributed by atoms with Gasteiger partial charge in [0.1, 0.15) is 0 Å². The fourth-order valence-electron chi connectivity index (χ4n) is 0.566. The maximum atomic E-state index is 10.9. The van der Waals surface area contributed by atoms with Crippen molar-refractivity contribution in [3.63, 3.8) is 0 Å². The fraction of sp³-hybridized carbons (Fsp3) is 0.500. The molecular formula is C8H12O5. The zero-order chi connectivity index (χ0) is 10.3. The predicted octanol–water partition coefficient (Wildman–Crippen LogP) is 0.253. The van der Waals surface area contributed by atoms with Crippen LogP contribution in [-0.4, -0.2) is 33.0 Å². The molecule has 0 aliphatic heterocycles. The summed E-state index contributed by atoms with van der Waals surface area (Å²) in [4.78, 5) is 21.6. The van der Waals surface area contributed by atoms with E-state index in [1.807, 2.05) is 0 Å². The normalized spacial score (nSPS) is 9.08. The molecule has 0 saturated heterocycles.